The monoisotopic (exact) mass is 396 g/mol. The number of aryl methyl sites for hydroxylation is 1. The molecule has 0 saturated carbocycles. The summed E-state index contributed by atoms with van der Waals surface area (Å²) in [6.45, 7) is 2.69. The minimum atomic E-state index is -0.209. The van der Waals surface area contributed by atoms with Gasteiger partial charge in [-0.15, -0.1) is 10.2 Å². The molecule has 144 valence electrons. The van der Waals surface area contributed by atoms with Crippen LogP contribution in [0.4, 0.5) is 0 Å². The maximum Gasteiger partial charge on any atom is 0.230 e. The van der Waals surface area contributed by atoms with Gasteiger partial charge >= 0.3 is 0 Å². The van der Waals surface area contributed by atoms with E-state index in [2.05, 4.69) is 15.5 Å². The lowest BCUT2D eigenvalue weighted by Crippen LogP contribution is -2.41. The second-order valence-electron chi connectivity index (χ2n) is 6.29. The molecule has 0 spiro atoms. The quantitative estimate of drug-likeness (QED) is 0.646. The summed E-state index contributed by atoms with van der Waals surface area (Å²) in [7, 11) is 0. The molecule has 1 unspecified atom stereocenters. The van der Waals surface area contributed by atoms with Crippen molar-refractivity contribution in [3.8, 4) is 17.2 Å². The Balaban J connectivity index is 1.30. The van der Waals surface area contributed by atoms with Crippen molar-refractivity contribution in [2.75, 3.05) is 18.9 Å². The number of para-hydroxylation sites is 3. The number of fused-ring (bicyclic) bond motifs is 1. The first-order valence-corrected chi connectivity index (χ1v) is 9.94. The number of aromatic nitrogens is 3. The maximum absolute atomic E-state index is 12.3. The minimum Gasteiger partial charge on any atom is -0.486 e. The number of carbonyl (C=O) groups is 1. The van der Waals surface area contributed by atoms with Crippen LogP contribution in [0.2, 0.25) is 0 Å². The van der Waals surface area contributed by atoms with Crippen LogP contribution in [-0.4, -0.2) is 45.7 Å². The average Bonchev–Trinajstić information content (AvgIpc) is 3.11. The Hall–Kier alpha value is -3.00. The fourth-order valence-electron chi connectivity index (χ4n) is 2.88. The van der Waals surface area contributed by atoms with Crippen LogP contribution in [0.1, 0.15) is 5.82 Å². The molecule has 3 aromatic rings. The molecule has 0 aliphatic carbocycles. The molecule has 1 aliphatic rings. The molecule has 1 N–H and O–H groups in total. The van der Waals surface area contributed by atoms with Crippen molar-refractivity contribution in [3.05, 3.63) is 60.4 Å². The van der Waals surface area contributed by atoms with E-state index < -0.39 is 0 Å². The third-order valence-electron chi connectivity index (χ3n) is 4.24. The summed E-state index contributed by atoms with van der Waals surface area (Å²) < 4.78 is 13.5. The topological polar surface area (TPSA) is 78.3 Å². The molecular weight excluding hydrogens is 376 g/mol. The number of nitrogens with one attached hydrogen (secondary N) is 1. The minimum absolute atomic E-state index is 0.0901. The third-order valence-corrected chi connectivity index (χ3v) is 5.17. The zero-order chi connectivity index (χ0) is 19.3. The van der Waals surface area contributed by atoms with E-state index in [9.17, 15) is 4.79 Å². The second-order valence-corrected chi connectivity index (χ2v) is 7.23. The van der Waals surface area contributed by atoms with E-state index in [1.165, 1.54) is 11.8 Å². The molecule has 1 aliphatic heterocycles. The van der Waals surface area contributed by atoms with Crippen LogP contribution in [0.25, 0.3) is 5.69 Å². The number of carbonyl (C=O) groups excluding carboxylic acids is 1. The van der Waals surface area contributed by atoms with Crippen molar-refractivity contribution in [1.82, 2.24) is 20.1 Å². The normalized spacial score (nSPS) is 15.2. The summed E-state index contributed by atoms with van der Waals surface area (Å²) in [5.74, 6) is 2.37. The van der Waals surface area contributed by atoms with E-state index in [4.69, 9.17) is 9.47 Å². The Morgan fingerprint density at radius 3 is 2.71 bits per heavy atom. The fraction of sp³-hybridized carbons (Fsp3) is 0.250. The summed E-state index contributed by atoms with van der Waals surface area (Å²) >= 11 is 1.35. The van der Waals surface area contributed by atoms with Gasteiger partial charge in [0, 0.05) is 5.69 Å². The summed E-state index contributed by atoms with van der Waals surface area (Å²) in [5, 5.41) is 11.9. The fourth-order valence-corrected chi connectivity index (χ4v) is 3.71. The number of thioether (sulfide) groups is 1. The highest BCUT2D eigenvalue weighted by Crippen LogP contribution is 2.30. The molecule has 7 nitrogen and oxygen atoms in total. The Morgan fingerprint density at radius 1 is 1.14 bits per heavy atom. The summed E-state index contributed by atoms with van der Waals surface area (Å²) in [5.41, 5.74) is 0.972. The van der Waals surface area contributed by atoms with Crippen LogP contribution in [0, 0.1) is 6.92 Å². The molecule has 8 heteroatoms. The largest absolute Gasteiger partial charge is 0.486 e. The average molecular weight is 396 g/mol. The molecule has 28 heavy (non-hydrogen) atoms. The van der Waals surface area contributed by atoms with Gasteiger partial charge in [0.1, 0.15) is 18.5 Å². The van der Waals surface area contributed by atoms with Crippen LogP contribution >= 0.6 is 11.8 Å². The maximum atomic E-state index is 12.3. The van der Waals surface area contributed by atoms with Gasteiger partial charge in [-0.1, -0.05) is 42.1 Å². The van der Waals surface area contributed by atoms with Gasteiger partial charge < -0.3 is 14.8 Å². The molecule has 2 heterocycles. The predicted molar refractivity (Wildman–Crippen MR) is 106 cm³/mol. The smallest absolute Gasteiger partial charge is 0.230 e. The van der Waals surface area contributed by atoms with Crippen LogP contribution in [0.15, 0.2) is 59.8 Å². The van der Waals surface area contributed by atoms with E-state index >= 15 is 0 Å². The second kappa shape index (κ2) is 8.35. The third kappa shape index (κ3) is 4.12. The van der Waals surface area contributed by atoms with Gasteiger partial charge in [-0.3, -0.25) is 9.36 Å². The SMILES string of the molecule is Cc1nnc(SCC(=O)NCC2COc3ccccc3O2)n1-c1ccccc1. The Kier molecular flexibility index (Phi) is 5.48. The standard InChI is InChI=1S/C20H20N4O3S/c1-14-22-23-20(24(14)15-7-3-2-4-8-15)28-13-19(25)21-11-16-12-26-17-9-5-6-10-18(17)27-16/h2-10,16H,11-13H2,1H3,(H,21,25). The highest BCUT2D eigenvalue weighted by Gasteiger charge is 2.21. The molecule has 0 bridgehead atoms. The molecular formula is C20H20N4O3S. The molecule has 0 radical (unpaired) electrons. The van der Waals surface area contributed by atoms with Crippen LogP contribution in [-0.2, 0) is 4.79 Å². The number of hydrogen-bond donors (Lipinski definition) is 1. The van der Waals surface area contributed by atoms with Gasteiger partial charge in [0.25, 0.3) is 0 Å². The zero-order valence-electron chi connectivity index (χ0n) is 15.4. The number of ether oxygens (including phenoxy) is 2. The van der Waals surface area contributed by atoms with E-state index in [1.54, 1.807) is 0 Å². The molecule has 0 fully saturated rings. The number of amides is 1. The van der Waals surface area contributed by atoms with Gasteiger partial charge in [0.2, 0.25) is 5.91 Å². The molecule has 2 aromatic carbocycles. The van der Waals surface area contributed by atoms with Crippen molar-refractivity contribution >= 4 is 17.7 Å². The van der Waals surface area contributed by atoms with Gasteiger partial charge in [-0.2, -0.15) is 0 Å². The van der Waals surface area contributed by atoms with Crippen molar-refractivity contribution in [1.29, 1.82) is 0 Å². The Labute approximate surface area is 167 Å². The van der Waals surface area contributed by atoms with Crippen molar-refractivity contribution in [2.45, 2.75) is 18.2 Å². The van der Waals surface area contributed by atoms with Crippen LogP contribution in [0.5, 0.6) is 11.5 Å². The first kappa shape index (κ1) is 18.4. The molecule has 1 aromatic heterocycles. The number of rotatable bonds is 6. The van der Waals surface area contributed by atoms with E-state index in [-0.39, 0.29) is 17.8 Å². The molecule has 1 atom stereocenters. The predicted octanol–water partition coefficient (Wildman–Crippen LogP) is 2.62. The Bertz CT molecular complexity index is 961. The van der Waals surface area contributed by atoms with Crippen LogP contribution < -0.4 is 14.8 Å². The molecule has 4 rings (SSSR count). The zero-order valence-corrected chi connectivity index (χ0v) is 16.2. The first-order chi connectivity index (χ1) is 13.7. The van der Waals surface area contributed by atoms with Crippen molar-refractivity contribution in [2.24, 2.45) is 0 Å². The summed E-state index contributed by atoms with van der Waals surface area (Å²) in [4.78, 5) is 12.3. The molecule has 0 saturated heterocycles. The lowest BCUT2D eigenvalue weighted by molar-refractivity contribution is -0.119. The van der Waals surface area contributed by atoms with Crippen molar-refractivity contribution < 1.29 is 14.3 Å². The summed E-state index contributed by atoms with van der Waals surface area (Å²) in [6.07, 6.45) is -0.209. The van der Waals surface area contributed by atoms with Crippen molar-refractivity contribution in [3.63, 3.8) is 0 Å². The van der Waals surface area contributed by atoms with E-state index in [0.717, 1.165) is 17.3 Å². The van der Waals surface area contributed by atoms with E-state index in [1.807, 2.05) is 66.1 Å². The molecule has 1 amide bonds. The van der Waals surface area contributed by atoms with Gasteiger partial charge in [-0.05, 0) is 31.2 Å². The highest BCUT2D eigenvalue weighted by atomic mass is 32.2. The lowest BCUT2D eigenvalue weighted by atomic mass is 10.2. The lowest BCUT2D eigenvalue weighted by Gasteiger charge is -2.26. The number of nitrogens with zero attached hydrogens (tertiary/aromatic N) is 3. The first-order valence-electron chi connectivity index (χ1n) is 8.96. The Morgan fingerprint density at radius 2 is 1.89 bits per heavy atom. The van der Waals surface area contributed by atoms with Gasteiger partial charge in [0.15, 0.2) is 16.7 Å². The van der Waals surface area contributed by atoms with Gasteiger partial charge in [-0.25, -0.2) is 0 Å². The van der Waals surface area contributed by atoms with Crippen LogP contribution in [0.3, 0.4) is 0 Å². The summed E-state index contributed by atoms with van der Waals surface area (Å²) in [6, 6.07) is 17.4. The van der Waals surface area contributed by atoms with E-state index in [0.29, 0.717) is 24.1 Å². The highest BCUT2D eigenvalue weighted by molar-refractivity contribution is 7.99. The number of hydrogen-bond acceptors (Lipinski definition) is 6. The van der Waals surface area contributed by atoms with Gasteiger partial charge in [0.05, 0.1) is 12.3 Å². The number of benzene rings is 2.